The summed E-state index contributed by atoms with van der Waals surface area (Å²) in [6.45, 7) is 2.91. The van der Waals surface area contributed by atoms with Crippen molar-refractivity contribution in [3.8, 4) is 5.75 Å². The second-order valence-corrected chi connectivity index (χ2v) is 3.67. The number of benzene rings is 1. The molecule has 94 valence electrons. The van der Waals surface area contributed by atoms with Gasteiger partial charge in [-0.15, -0.1) is 0 Å². The second-order valence-electron chi connectivity index (χ2n) is 3.67. The number of carbonyl (C=O) groups is 1. The lowest BCUT2D eigenvalue weighted by Crippen LogP contribution is -2.26. The van der Waals surface area contributed by atoms with Gasteiger partial charge in [0.25, 0.3) is 0 Å². The van der Waals surface area contributed by atoms with E-state index in [9.17, 15) is 4.79 Å². The molecule has 0 radical (unpaired) electrons. The summed E-state index contributed by atoms with van der Waals surface area (Å²) in [5.74, 6) is 0.634. The fourth-order valence-electron chi connectivity index (χ4n) is 1.30. The number of hydrogen-bond acceptors (Lipinski definition) is 4. The summed E-state index contributed by atoms with van der Waals surface area (Å²) in [5.41, 5.74) is 7.14. The first-order valence-electron chi connectivity index (χ1n) is 5.63. The van der Waals surface area contributed by atoms with E-state index < -0.39 is 0 Å². The van der Waals surface area contributed by atoms with Crippen LogP contribution in [0.5, 0.6) is 5.75 Å². The van der Waals surface area contributed by atoms with Crippen molar-refractivity contribution in [2.75, 3.05) is 31.2 Å². The van der Waals surface area contributed by atoms with Crippen LogP contribution in [0.25, 0.3) is 0 Å². The first kappa shape index (κ1) is 13.2. The molecule has 5 nitrogen and oxygen atoms in total. The van der Waals surface area contributed by atoms with E-state index in [1.165, 1.54) is 0 Å². The van der Waals surface area contributed by atoms with Gasteiger partial charge in [0.05, 0.1) is 13.2 Å². The van der Waals surface area contributed by atoms with Gasteiger partial charge in [0.1, 0.15) is 5.75 Å². The Balaban J connectivity index is 2.65. The molecule has 0 bridgehead atoms. The van der Waals surface area contributed by atoms with Gasteiger partial charge in [-0.25, -0.2) is 0 Å². The molecular weight excluding hydrogens is 218 g/mol. The van der Waals surface area contributed by atoms with Crippen LogP contribution in [0.3, 0.4) is 0 Å². The molecule has 0 aliphatic carbocycles. The number of nitrogen functional groups attached to an aromatic ring is 1. The normalized spacial score (nSPS) is 9.76. The minimum Gasteiger partial charge on any atom is -0.493 e. The Morgan fingerprint density at radius 2 is 2.18 bits per heavy atom. The molecule has 0 saturated heterocycles. The number of hydrogen-bond donors (Lipinski definition) is 3. The van der Waals surface area contributed by atoms with Crippen LogP contribution in [0, 0.1) is 0 Å². The highest BCUT2D eigenvalue weighted by Crippen LogP contribution is 2.22. The molecule has 0 spiro atoms. The fraction of sp³-hybridized carbons (Fsp3) is 0.417. The summed E-state index contributed by atoms with van der Waals surface area (Å²) in [4.78, 5) is 11.1. The van der Waals surface area contributed by atoms with E-state index in [2.05, 4.69) is 10.6 Å². The van der Waals surface area contributed by atoms with Crippen molar-refractivity contribution in [1.29, 1.82) is 0 Å². The zero-order chi connectivity index (χ0) is 12.7. The molecule has 0 atom stereocenters. The van der Waals surface area contributed by atoms with Gasteiger partial charge in [-0.1, -0.05) is 6.92 Å². The van der Waals surface area contributed by atoms with Crippen molar-refractivity contribution >= 4 is 17.3 Å². The number of likely N-dealkylation sites (N-methyl/N-ethyl adjacent to an activating group) is 1. The van der Waals surface area contributed by atoms with E-state index in [0.717, 1.165) is 12.1 Å². The third-order valence-corrected chi connectivity index (χ3v) is 2.13. The van der Waals surface area contributed by atoms with Gasteiger partial charge in [-0.05, 0) is 12.5 Å². The standard InChI is InChI=1S/C12H19N3O2/c1-3-4-17-11-6-9(13)5-10(7-11)15-8-12(16)14-2/h5-7,15H,3-4,8,13H2,1-2H3,(H,14,16). The summed E-state index contributed by atoms with van der Waals surface area (Å²) in [6, 6.07) is 5.36. The Kier molecular flexibility index (Phi) is 5.13. The molecular formula is C12H19N3O2. The topological polar surface area (TPSA) is 76.4 Å². The monoisotopic (exact) mass is 237 g/mol. The lowest BCUT2D eigenvalue weighted by molar-refractivity contribution is -0.118. The maximum atomic E-state index is 11.1. The number of nitrogens with two attached hydrogens (primary N) is 1. The maximum Gasteiger partial charge on any atom is 0.239 e. The third-order valence-electron chi connectivity index (χ3n) is 2.13. The number of carbonyl (C=O) groups excluding carboxylic acids is 1. The smallest absolute Gasteiger partial charge is 0.239 e. The Labute approximate surface area is 101 Å². The average molecular weight is 237 g/mol. The summed E-state index contributed by atoms with van der Waals surface area (Å²) in [5, 5.41) is 5.52. The molecule has 1 rings (SSSR count). The Morgan fingerprint density at radius 1 is 1.41 bits per heavy atom. The predicted octanol–water partition coefficient (Wildman–Crippen LogP) is 1.22. The van der Waals surface area contributed by atoms with Crippen molar-refractivity contribution in [2.24, 2.45) is 0 Å². The van der Waals surface area contributed by atoms with Crippen molar-refractivity contribution in [2.45, 2.75) is 13.3 Å². The zero-order valence-corrected chi connectivity index (χ0v) is 10.2. The molecule has 1 aromatic rings. The van der Waals surface area contributed by atoms with Crippen LogP contribution >= 0.6 is 0 Å². The van der Waals surface area contributed by atoms with Crippen molar-refractivity contribution in [3.63, 3.8) is 0 Å². The van der Waals surface area contributed by atoms with Gasteiger partial charge < -0.3 is 21.1 Å². The molecule has 5 heteroatoms. The largest absolute Gasteiger partial charge is 0.493 e. The molecule has 0 aromatic heterocycles. The Morgan fingerprint density at radius 3 is 2.82 bits per heavy atom. The van der Waals surface area contributed by atoms with Gasteiger partial charge in [-0.2, -0.15) is 0 Å². The molecule has 0 aliphatic heterocycles. The van der Waals surface area contributed by atoms with Gasteiger partial charge >= 0.3 is 0 Å². The second kappa shape index (κ2) is 6.62. The van der Waals surface area contributed by atoms with Crippen LogP contribution in [0.2, 0.25) is 0 Å². The SMILES string of the molecule is CCCOc1cc(N)cc(NCC(=O)NC)c1. The first-order chi connectivity index (χ1) is 8.15. The number of nitrogens with one attached hydrogen (secondary N) is 2. The van der Waals surface area contributed by atoms with Crippen molar-refractivity contribution in [1.82, 2.24) is 5.32 Å². The summed E-state index contributed by atoms with van der Waals surface area (Å²) >= 11 is 0. The molecule has 0 heterocycles. The van der Waals surface area contributed by atoms with Crippen molar-refractivity contribution in [3.05, 3.63) is 18.2 Å². The highest BCUT2D eigenvalue weighted by molar-refractivity contribution is 5.80. The summed E-state index contributed by atoms with van der Waals surface area (Å²) < 4.78 is 5.49. The van der Waals surface area contributed by atoms with Gasteiger partial charge in [-0.3, -0.25) is 4.79 Å². The minimum atomic E-state index is -0.0801. The highest BCUT2D eigenvalue weighted by atomic mass is 16.5. The summed E-state index contributed by atoms with van der Waals surface area (Å²) in [6.07, 6.45) is 0.940. The lowest BCUT2D eigenvalue weighted by Gasteiger charge is -2.10. The quantitative estimate of drug-likeness (QED) is 0.650. The number of anilines is 2. The van der Waals surface area contributed by atoms with Crippen LogP contribution < -0.4 is 21.1 Å². The van der Waals surface area contributed by atoms with Crippen LogP contribution in [0.15, 0.2) is 18.2 Å². The summed E-state index contributed by atoms with van der Waals surface area (Å²) in [7, 11) is 1.60. The fourth-order valence-corrected chi connectivity index (χ4v) is 1.30. The minimum absolute atomic E-state index is 0.0801. The maximum absolute atomic E-state index is 11.1. The van der Waals surface area contributed by atoms with Gasteiger partial charge in [0.15, 0.2) is 0 Å². The van der Waals surface area contributed by atoms with Crippen LogP contribution in [0.4, 0.5) is 11.4 Å². The number of rotatable bonds is 6. The van der Waals surface area contributed by atoms with Crippen LogP contribution in [0.1, 0.15) is 13.3 Å². The third kappa shape index (κ3) is 4.63. The van der Waals surface area contributed by atoms with E-state index in [4.69, 9.17) is 10.5 Å². The van der Waals surface area contributed by atoms with Gasteiger partial charge in [0.2, 0.25) is 5.91 Å². The number of amides is 1. The molecule has 0 unspecified atom stereocenters. The molecule has 4 N–H and O–H groups in total. The molecule has 0 aliphatic rings. The van der Waals surface area contributed by atoms with Crippen LogP contribution in [-0.4, -0.2) is 26.1 Å². The molecule has 1 amide bonds. The first-order valence-corrected chi connectivity index (χ1v) is 5.63. The Hall–Kier alpha value is -1.91. The van der Waals surface area contributed by atoms with E-state index in [0.29, 0.717) is 18.0 Å². The Bertz CT molecular complexity index is 380. The van der Waals surface area contributed by atoms with Crippen molar-refractivity contribution < 1.29 is 9.53 Å². The predicted molar refractivity (Wildman–Crippen MR) is 69.2 cm³/mol. The average Bonchev–Trinajstić information content (AvgIpc) is 2.32. The lowest BCUT2D eigenvalue weighted by atomic mass is 10.2. The molecule has 1 aromatic carbocycles. The van der Waals surface area contributed by atoms with E-state index in [1.807, 2.05) is 13.0 Å². The zero-order valence-electron chi connectivity index (χ0n) is 10.2. The van der Waals surface area contributed by atoms with E-state index in [-0.39, 0.29) is 12.5 Å². The number of ether oxygens (including phenoxy) is 1. The van der Waals surface area contributed by atoms with E-state index >= 15 is 0 Å². The van der Waals surface area contributed by atoms with E-state index in [1.54, 1.807) is 19.2 Å². The molecule has 0 saturated carbocycles. The highest BCUT2D eigenvalue weighted by Gasteiger charge is 2.02. The van der Waals surface area contributed by atoms with Crippen LogP contribution in [-0.2, 0) is 4.79 Å². The molecule has 0 fully saturated rings. The van der Waals surface area contributed by atoms with Gasteiger partial charge in [0, 0.05) is 30.6 Å². The molecule has 17 heavy (non-hydrogen) atoms.